The average molecular weight is 319 g/mol. The molecule has 0 amide bonds. The first kappa shape index (κ1) is 12.3. The fourth-order valence-electron chi connectivity index (χ4n) is 1.35. The van der Waals surface area contributed by atoms with E-state index in [4.69, 9.17) is 4.74 Å². The van der Waals surface area contributed by atoms with Crippen molar-refractivity contribution < 1.29 is 13.2 Å². The summed E-state index contributed by atoms with van der Waals surface area (Å²) in [6.07, 6.45) is 1.59. The molecule has 0 atom stereocenters. The third-order valence-electron chi connectivity index (χ3n) is 2.12. The van der Waals surface area contributed by atoms with Crippen LogP contribution in [-0.2, 0) is 14.8 Å². The number of halogens is 1. The number of benzene rings is 1. The van der Waals surface area contributed by atoms with Crippen LogP contribution in [0.1, 0.15) is 0 Å². The Bertz CT molecular complexity index is 556. The first-order valence-corrected chi connectivity index (χ1v) is 7.09. The van der Waals surface area contributed by atoms with Crippen LogP contribution in [0.4, 0.5) is 0 Å². The number of nitrogens with zero attached hydrogens (tertiary/aromatic N) is 1. The smallest absolute Gasteiger partial charge is 0.265 e. The highest BCUT2D eigenvalue weighted by atomic mass is 79.9. The molecular weight excluding hydrogens is 308 g/mol. The maximum atomic E-state index is 12.0. The highest BCUT2D eigenvalue weighted by Crippen LogP contribution is 2.22. The zero-order valence-corrected chi connectivity index (χ0v) is 11.5. The van der Waals surface area contributed by atoms with Gasteiger partial charge in [0, 0.05) is 11.5 Å². The molecule has 2 rings (SSSR count). The van der Waals surface area contributed by atoms with Crippen molar-refractivity contribution in [2.45, 2.75) is 4.90 Å². The Labute approximate surface area is 108 Å². The Morgan fingerprint density at radius 1 is 1.41 bits per heavy atom. The van der Waals surface area contributed by atoms with E-state index in [1.165, 1.54) is 6.07 Å². The van der Waals surface area contributed by atoms with Crippen molar-refractivity contribution in [3.05, 3.63) is 40.8 Å². The predicted octanol–water partition coefficient (Wildman–Crippen LogP) is 1.45. The highest BCUT2D eigenvalue weighted by Gasteiger charge is 2.21. The molecule has 92 valence electrons. The van der Waals surface area contributed by atoms with Gasteiger partial charge in [0.05, 0.1) is 6.20 Å². The fourth-order valence-corrected chi connectivity index (χ4v) is 3.34. The predicted molar refractivity (Wildman–Crippen MR) is 66.3 cm³/mol. The SMILES string of the molecule is CN1C=C(NS(=O)(=O)c2ccccc2Br)OC1. The second-order valence-electron chi connectivity index (χ2n) is 3.56. The second-order valence-corrected chi connectivity index (χ2v) is 6.06. The topological polar surface area (TPSA) is 58.6 Å². The summed E-state index contributed by atoms with van der Waals surface area (Å²) in [5, 5.41) is 0. The van der Waals surface area contributed by atoms with Gasteiger partial charge in [-0.2, -0.15) is 0 Å². The molecule has 0 unspecified atom stereocenters. The van der Waals surface area contributed by atoms with Gasteiger partial charge >= 0.3 is 0 Å². The minimum atomic E-state index is -3.61. The lowest BCUT2D eigenvalue weighted by molar-refractivity contribution is 0.163. The Morgan fingerprint density at radius 2 is 2.12 bits per heavy atom. The molecule has 0 aromatic heterocycles. The number of sulfonamides is 1. The molecule has 0 saturated carbocycles. The monoisotopic (exact) mass is 318 g/mol. The van der Waals surface area contributed by atoms with E-state index in [2.05, 4.69) is 20.7 Å². The molecule has 1 aliphatic rings. The molecule has 0 spiro atoms. The molecule has 1 aromatic rings. The van der Waals surface area contributed by atoms with Crippen molar-refractivity contribution in [3.63, 3.8) is 0 Å². The summed E-state index contributed by atoms with van der Waals surface area (Å²) in [7, 11) is -1.82. The summed E-state index contributed by atoms with van der Waals surface area (Å²) in [5.74, 6) is 0.225. The summed E-state index contributed by atoms with van der Waals surface area (Å²) < 4.78 is 32.1. The van der Waals surface area contributed by atoms with Crippen LogP contribution in [0.15, 0.2) is 45.7 Å². The number of nitrogens with one attached hydrogen (secondary N) is 1. The van der Waals surface area contributed by atoms with Gasteiger partial charge in [0.2, 0.25) is 5.88 Å². The molecule has 1 N–H and O–H groups in total. The zero-order valence-electron chi connectivity index (χ0n) is 9.05. The van der Waals surface area contributed by atoms with Crippen LogP contribution in [0.25, 0.3) is 0 Å². The van der Waals surface area contributed by atoms with Gasteiger partial charge < -0.3 is 9.64 Å². The van der Waals surface area contributed by atoms with Crippen LogP contribution < -0.4 is 4.72 Å². The lowest BCUT2D eigenvalue weighted by Gasteiger charge is -2.09. The molecule has 0 aliphatic carbocycles. The van der Waals surface area contributed by atoms with Crippen molar-refractivity contribution in [3.8, 4) is 0 Å². The molecule has 1 aliphatic heterocycles. The van der Waals surface area contributed by atoms with Crippen LogP contribution in [0.2, 0.25) is 0 Å². The van der Waals surface area contributed by atoms with E-state index < -0.39 is 10.0 Å². The summed E-state index contributed by atoms with van der Waals surface area (Å²) in [6.45, 7) is 0.341. The highest BCUT2D eigenvalue weighted by molar-refractivity contribution is 9.10. The van der Waals surface area contributed by atoms with E-state index in [-0.39, 0.29) is 10.8 Å². The summed E-state index contributed by atoms with van der Waals surface area (Å²) in [4.78, 5) is 1.91. The van der Waals surface area contributed by atoms with Crippen molar-refractivity contribution in [1.29, 1.82) is 0 Å². The normalized spacial score (nSPS) is 15.4. The van der Waals surface area contributed by atoms with Crippen molar-refractivity contribution in [2.24, 2.45) is 0 Å². The largest absolute Gasteiger partial charge is 0.456 e. The summed E-state index contributed by atoms with van der Waals surface area (Å²) in [6, 6.07) is 6.60. The molecule has 17 heavy (non-hydrogen) atoms. The lowest BCUT2D eigenvalue weighted by Crippen LogP contribution is -2.23. The Morgan fingerprint density at radius 3 is 2.71 bits per heavy atom. The molecule has 0 radical (unpaired) electrons. The third-order valence-corrected chi connectivity index (χ3v) is 4.48. The Kier molecular flexibility index (Phi) is 3.30. The van der Waals surface area contributed by atoms with E-state index in [1.54, 1.807) is 36.3 Å². The molecule has 0 fully saturated rings. The summed E-state index contributed by atoms with van der Waals surface area (Å²) in [5.41, 5.74) is 0. The van der Waals surface area contributed by atoms with E-state index in [9.17, 15) is 8.42 Å². The van der Waals surface area contributed by atoms with Crippen LogP contribution in [0.5, 0.6) is 0 Å². The molecule has 1 heterocycles. The maximum absolute atomic E-state index is 12.0. The van der Waals surface area contributed by atoms with Crippen LogP contribution >= 0.6 is 15.9 Å². The van der Waals surface area contributed by atoms with Gasteiger partial charge in [0.15, 0.2) is 6.73 Å². The van der Waals surface area contributed by atoms with E-state index in [0.717, 1.165) is 0 Å². The van der Waals surface area contributed by atoms with Gasteiger partial charge in [-0.25, -0.2) is 13.1 Å². The van der Waals surface area contributed by atoms with Crippen LogP contribution in [0, 0.1) is 0 Å². The van der Waals surface area contributed by atoms with E-state index >= 15 is 0 Å². The first-order chi connectivity index (χ1) is 7.99. The van der Waals surface area contributed by atoms with E-state index in [0.29, 0.717) is 11.2 Å². The maximum Gasteiger partial charge on any atom is 0.265 e. The molecular formula is C10H11BrN2O3S. The summed E-state index contributed by atoms with van der Waals surface area (Å²) >= 11 is 3.20. The van der Waals surface area contributed by atoms with Crippen molar-refractivity contribution in [2.75, 3.05) is 13.8 Å². The minimum Gasteiger partial charge on any atom is -0.456 e. The van der Waals surface area contributed by atoms with Crippen LogP contribution in [0.3, 0.4) is 0 Å². The lowest BCUT2D eigenvalue weighted by atomic mass is 10.4. The standard InChI is InChI=1S/C10H11BrN2O3S/c1-13-6-10(16-7-13)12-17(14,15)9-5-3-2-4-8(9)11/h2-6,12H,7H2,1H3. The fraction of sp³-hybridized carbons (Fsp3) is 0.200. The molecule has 5 nitrogen and oxygen atoms in total. The molecule has 0 bridgehead atoms. The number of ether oxygens (including phenoxy) is 1. The van der Waals surface area contributed by atoms with E-state index in [1.807, 2.05) is 0 Å². The molecule has 0 saturated heterocycles. The number of hydrogen-bond donors (Lipinski definition) is 1. The van der Waals surface area contributed by atoms with Gasteiger partial charge in [-0.1, -0.05) is 12.1 Å². The number of hydrogen-bond acceptors (Lipinski definition) is 4. The minimum absolute atomic E-state index is 0.180. The second kappa shape index (κ2) is 4.58. The van der Waals surface area contributed by atoms with Gasteiger partial charge in [0.1, 0.15) is 4.90 Å². The molecule has 1 aromatic carbocycles. The first-order valence-electron chi connectivity index (χ1n) is 4.81. The molecule has 7 heteroatoms. The average Bonchev–Trinajstić information content (AvgIpc) is 2.63. The van der Waals surface area contributed by atoms with Crippen molar-refractivity contribution >= 4 is 26.0 Å². The number of rotatable bonds is 3. The quantitative estimate of drug-likeness (QED) is 0.916. The Hall–Kier alpha value is -1.21. The Balaban J connectivity index is 2.26. The van der Waals surface area contributed by atoms with Gasteiger partial charge in [-0.05, 0) is 28.1 Å². The third kappa shape index (κ3) is 2.73. The zero-order chi connectivity index (χ0) is 12.5. The van der Waals surface area contributed by atoms with Gasteiger partial charge in [0.25, 0.3) is 10.0 Å². The van der Waals surface area contributed by atoms with Crippen LogP contribution in [-0.4, -0.2) is 27.1 Å². The van der Waals surface area contributed by atoms with Gasteiger partial charge in [-0.3, -0.25) is 0 Å². The van der Waals surface area contributed by atoms with Crippen molar-refractivity contribution in [1.82, 2.24) is 9.62 Å². The van der Waals surface area contributed by atoms with Gasteiger partial charge in [-0.15, -0.1) is 0 Å².